The number of carbonyl (C=O) groups is 2. The van der Waals surface area contributed by atoms with E-state index in [2.05, 4.69) is 44.3 Å². The number of unbranched alkanes of at least 4 members (excludes halogenated alkanes) is 23. The van der Waals surface area contributed by atoms with E-state index >= 15 is 0 Å². The van der Waals surface area contributed by atoms with E-state index in [9.17, 15) is 19.8 Å². The van der Waals surface area contributed by atoms with Crippen molar-refractivity contribution in [3.63, 3.8) is 0 Å². The Morgan fingerprint density at radius 1 is 0.556 bits per heavy atom. The van der Waals surface area contributed by atoms with Gasteiger partial charge in [0.05, 0.1) is 25.2 Å². The highest BCUT2D eigenvalue weighted by atomic mass is 16.5. The Kier molecular flexibility index (Phi) is 40.3. The van der Waals surface area contributed by atoms with Crippen molar-refractivity contribution in [1.82, 2.24) is 5.32 Å². The number of allylic oxidation sites excluding steroid dienone is 8. The molecule has 0 heterocycles. The smallest absolute Gasteiger partial charge is 0.306 e. The van der Waals surface area contributed by atoms with E-state index in [1.165, 1.54) is 103 Å². The highest BCUT2D eigenvalue weighted by Crippen LogP contribution is 2.17. The number of aliphatic hydroxyl groups excluding tert-OH is 2. The van der Waals surface area contributed by atoms with Gasteiger partial charge in [0, 0.05) is 6.42 Å². The van der Waals surface area contributed by atoms with Crippen molar-refractivity contribution in [2.45, 2.75) is 238 Å². The van der Waals surface area contributed by atoms with Gasteiger partial charge in [-0.25, -0.2) is 0 Å². The van der Waals surface area contributed by atoms with Crippen molar-refractivity contribution in [2.75, 3.05) is 6.61 Å². The summed E-state index contributed by atoms with van der Waals surface area (Å²) in [4.78, 5) is 25.9. The van der Waals surface area contributed by atoms with E-state index in [0.717, 1.165) is 70.6 Å². The molecule has 0 aliphatic heterocycles. The third-order valence-corrected chi connectivity index (χ3v) is 10.3. The molecule has 0 aromatic rings. The molecule has 54 heavy (non-hydrogen) atoms. The molecule has 0 radical (unpaired) electrons. The lowest BCUT2D eigenvalue weighted by atomic mass is 10.0. The summed E-state index contributed by atoms with van der Waals surface area (Å²) in [5.41, 5.74) is 0. The van der Waals surface area contributed by atoms with Gasteiger partial charge in [-0.1, -0.05) is 211 Å². The third kappa shape index (κ3) is 36.8. The molecule has 6 nitrogen and oxygen atoms in total. The SMILES string of the molecule is CC/C=C/C=C/C=C\C=C/CCCCCC(=O)OC(CCCCCCCCCCCC)CC(=O)NC(CO)C(O)CCCCCCCCCCCCCC. The molecule has 0 aliphatic rings. The summed E-state index contributed by atoms with van der Waals surface area (Å²) in [6.07, 6.45) is 48.8. The van der Waals surface area contributed by atoms with Crippen molar-refractivity contribution in [3.8, 4) is 0 Å². The number of amides is 1. The van der Waals surface area contributed by atoms with Crippen LogP contribution in [0.25, 0.3) is 0 Å². The van der Waals surface area contributed by atoms with Crippen molar-refractivity contribution < 1.29 is 24.5 Å². The number of ether oxygens (including phenoxy) is 1. The topological polar surface area (TPSA) is 95.9 Å². The zero-order valence-corrected chi connectivity index (χ0v) is 35.6. The molecule has 0 bridgehead atoms. The molecular weight excluding hydrogens is 671 g/mol. The van der Waals surface area contributed by atoms with Crippen LogP contribution in [0.5, 0.6) is 0 Å². The van der Waals surface area contributed by atoms with E-state index in [-0.39, 0.29) is 24.9 Å². The van der Waals surface area contributed by atoms with Crippen LogP contribution in [0.4, 0.5) is 0 Å². The predicted octanol–water partition coefficient (Wildman–Crippen LogP) is 13.1. The Hall–Kier alpha value is -2.18. The minimum Gasteiger partial charge on any atom is -0.462 e. The number of nitrogens with one attached hydrogen (secondary N) is 1. The van der Waals surface area contributed by atoms with Crippen LogP contribution in [0.3, 0.4) is 0 Å². The molecule has 0 aromatic heterocycles. The van der Waals surface area contributed by atoms with E-state index in [0.29, 0.717) is 19.3 Å². The number of rotatable bonds is 40. The summed E-state index contributed by atoms with van der Waals surface area (Å²) in [5, 5.41) is 23.6. The van der Waals surface area contributed by atoms with Gasteiger partial charge in [-0.3, -0.25) is 9.59 Å². The molecule has 3 unspecified atom stereocenters. The molecule has 0 fully saturated rings. The summed E-state index contributed by atoms with van der Waals surface area (Å²) in [6.45, 7) is 6.31. The highest BCUT2D eigenvalue weighted by Gasteiger charge is 2.24. The average Bonchev–Trinajstić information content (AvgIpc) is 3.16. The van der Waals surface area contributed by atoms with Crippen LogP contribution in [0.2, 0.25) is 0 Å². The van der Waals surface area contributed by atoms with Gasteiger partial charge in [-0.05, 0) is 44.9 Å². The molecule has 6 heteroatoms. The first-order valence-corrected chi connectivity index (χ1v) is 22.9. The van der Waals surface area contributed by atoms with Gasteiger partial charge in [0.2, 0.25) is 5.91 Å². The summed E-state index contributed by atoms with van der Waals surface area (Å²) in [7, 11) is 0. The van der Waals surface area contributed by atoms with Crippen LogP contribution >= 0.6 is 0 Å². The maximum Gasteiger partial charge on any atom is 0.306 e. The maximum absolute atomic E-state index is 13.1. The minimum absolute atomic E-state index is 0.0629. The molecule has 314 valence electrons. The van der Waals surface area contributed by atoms with Gasteiger partial charge in [-0.2, -0.15) is 0 Å². The van der Waals surface area contributed by atoms with Gasteiger partial charge >= 0.3 is 5.97 Å². The second kappa shape index (κ2) is 42.0. The Labute approximate surface area is 334 Å². The number of aliphatic hydroxyl groups is 2. The number of carbonyl (C=O) groups excluding carboxylic acids is 2. The van der Waals surface area contributed by atoms with Crippen LogP contribution in [0, 0.1) is 0 Å². The van der Waals surface area contributed by atoms with Crippen LogP contribution in [0.1, 0.15) is 220 Å². The molecule has 0 aliphatic carbocycles. The molecule has 0 rings (SSSR count). The van der Waals surface area contributed by atoms with E-state index in [1.807, 2.05) is 30.4 Å². The second-order valence-electron chi connectivity index (χ2n) is 15.5. The maximum atomic E-state index is 13.1. The Morgan fingerprint density at radius 2 is 1.00 bits per heavy atom. The quantitative estimate of drug-likeness (QED) is 0.0329. The average molecular weight is 758 g/mol. The Balaban J connectivity index is 4.61. The van der Waals surface area contributed by atoms with Crippen molar-refractivity contribution >= 4 is 11.9 Å². The first-order chi connectivity index (χ1) is 26.5. The Bertz CT molecular complexity index is 941. The molecule has 3 N–H and O–H groups in total. The van der Waals surface area contributed by atoms with Crippen LogP contribution < -0.4 is 5.32 Å². The third-order valence-electron chi connectivity index (χ3n) is 10.3. The second-order valence-corrected chi connectivity index (χ2v) is 15.5. The zero-order valence-electron chi connectivity index (χ0n) is 35.6. The molecule has 0 spiro atoms. The minimum atomic E-state index is -0.791. The van der Waals surface area contributed by atoms with Crippen molar-refractivity contribution in [2.24, 2.45) is 0 Å². The van der Waals surface area contributed by atoms with Gasteiger partial charge in [0.1, 0.15) is 6.10 Å². The largest absolute Gasteiger partial charge is 0.462 e. The van der Waals surface area contributed by atoms with Gasteiger partial charge in [0.15, 0.2) is 0 Å². The van der Waals surface area contributed by atoms with E-state index in [4.69, 9.17) is 4.74 Å². The van der Waals surface area contributed by atoms with E-state index < -0.39 is 18.2 Å². The normalized spacial score (nSPS) is 13.8. The van der Waals surface area contributed by atoms with Gasteiger partial charge < -0.3 is 20.3 Å². The lowest BCUT2D eigenvalue weighted by Gasteiger charge is -2.24. The van der Waals surface area contributed by atoms with Gasteiger partial charge in [0.25, 0.3) is 0 Å². The summed E-state index contributed by atoms with van der Waals surface area (Å²) in [5.74, 6) is -0.519. The van der Waals surface area contributed by atoms with Gasteiger partial charge in [-0.15, -0.1) is 0 Å². The van der Waals surface area contributed by atoms with Crippen LogP contribution in [-0.2, 0) is 14.3 Å². The first kappa shape index (κ1) is 51.8. The fraction of sp³-hybridized carbons (Fsp3) is 0.792. The van der Waals surface area contributed by atoms with E-state index in [1.54, 1.807) is 0 Å². The highest BCUT2D eigenvalue weighted by molar-refractivity contribution is 5.77. The fourth-order valence-corrected chi connectivity index (χ4v) is 6.79. The standard InChI is InChI=1S/C48H87NO5/c1-4-7-10-13-16-19-22-24-26-29-32-35-38-41-48(53)54-44(39-36-33-30-27-21-18-15-12-9-6-3)42-47(52)49-45(43-50)46(51)40-37-34-31-28-25-23-20-17-14-11-8-5-2/h7,10,13,16,19,22,24,26,44-46,50-51H,4-6,8-9,11-12,14-15,17-18,20-21,23,25,27-43H2,1-3H3,(H,49,52)/b10-7+,16-13+,22-19-,26-24-. The van der Waals surface area contributed by atoms with Crippen LogP contribution in [0.15, 0.2) is 48.6 Å². The van der Waals surface area contributed by atoms with Crippen LogP contribution in [-0.4, -0.2) is 46.9 Å². The number of hydrogen-bond acceptors (Lipinski definition) is 5. The first-order valence-electron chi connectivity index (χ1n) is 22.9. The molecule has 0 saturated carbocycles. The number of esters is 1. The van der Waals surface area contributed by atoms with Crippen molar-refractivity contribution in [1.29, 1.82) is 0 Å². The molecule has 3 atom stereocenters. The fourth-order valence-electron chi connectivity index (χ4n) is 6.79. The monoisotopic (exact) mass is 758 g/mol. The molecule has 0 saturated heterocycles. The molecule has 0 aromatic carbocycles. The number of hydrogen-bond donors (Lipinski definition) is 3. The molecular formula is C48H87NO5. The summed E-state index contributed by atoms with van der Waals surface area (Å²) < 4.78 is 5.88. The van der Waals surface area contributed by atoms with Crippen molar-refractivity contribution in [3.05, 3.63) is 48.6 Å². The Morgan fingerprint density at radius 3 is 1.50 bits per heavy atom. The zero-order chi connectivity index (χ0) is 39.6. The predicted molar refractivity (Wildman–Crippen MR) is 232 cm³/mol. The molecule has 1 amide bonds. The summed E-state index contributed by atoms with van der Waals surface area (Å²) in [6, 6.07) is -0.706. The summed E-state index contributed by atoms with van der Waals surface area (Å²) >= 11 is 0. The lowest BCUT2D eigenvalue weighted by Crippen LogP contribution is -2.46. The lowest BCUT2D eigenvalue weighted by molar-refractivity contribution is -0.151.